The SMILES string of the molecule is C[C@@]1(C(=O)NCc2ccccc2)Cn2c(nc3ccccc32)C(=O)N1CCc1cccs1. The highest BCUT2D eigenvalue weighted by molar-refractivity contribution is 7.09. The molecular formula is C25H24N4O2S. The Morgan fingerprint density at radius 1 is 1.09 bits per heavy atom. The highest BCUT2D eigenvalue weighted by Crippen LogP contribution is 2.31. The molecule has 1 aliphatic heterocycles. The summed E-state index contributed by atoms with van der Waals surface area (Å²) in [4.78, 5) is 34.6. The molecule has 2 aromatic carbocycles. The summed E-state index contributed by atoms with van der Waals surface area (Å²) >= 11 is 1.66. The van der Waals surface area contributed by atoms with Gasteiger partial charge in [0, 0.05) is 18.0 Å². The third-order valence-corrected chi connectivity index (χ3v) is 7.04. The van der Waals surface area contributed by atoms with E-state index in [0.717, 1.165) is 16.6 Å². The Labute approximate surface area is 190 Å². The van der Waals surface area contributed by atoms with Crippen LogP contribution in [-0.2, 0) is 24.3 Å². The zero-order valence-corrected chi connectivity index (χ0v) is 18.6. The van der Waals surface area contributed by atoms with Gasteiger partial charge in [-0.05, 0) is 42.5 Å². The molecule has 32 heavy (non-hydrogen) atoms. The summed E-state index contributed by atoms with van der Waals surface area (Å²) in [5.74, 6) is 0.0244. The molecule has 2 amide bonds. The van der Waals surface area contributed by atoms with Crippen molar-refractivity contribution < 1.29 is 9.59 Å². The lowest BCUT2D eigenvalue weighted by atomic mass is 9.94. The fraction of sp³-hybridized carbons (Fsp3) is 0.240. The molecule has 2 aromatic heterocycles. The Balaban J connectivity index is 1.49. The van der Waals surface area contributed by atoms with E-state index in [4.69, 9.17) is 0 Å². The van der Waals surface area contributed by atoms with Gasteiger partial charge in [0.2, 0.25) is 5.91 Å². The van der Waals surface area contributed by atoms with Crippen LogP contribution >= 0.6 is 11.3 Å². The predicted octanol–water partition coefficient (Wildman–Crippen LogP) is 3.87. The quantitative estimate of drug-likeness (QED) is 0.491. The second-order valence-electron chi connectivity index (χ2n) is 8.24. The van der Waals surface area contributed by atoms with Crippen LogP contribution in [0.5, 0.6) is 0 Å². The van der Waals surface area contributed by atoms with Gasteiger partial charge in [0.05, 0.1) is 17.6 Å². The Bertz CT molecular complexity index is 1270. The summed E-state index contributed by atoms with van der Waals surface area (Å²) in [5.41, 5.74) is 1.63. The number of imidazole rings is 1. The van der Waals surface area contributed by atoms with Gasteiger partial charge < -0.3 is 14.8 Å². The number of carbonyl (C=O) groups excluding carboxylic acids is 2. The molecule has 1 atom stereocenters. The maximum absolute atomic E-state index is 13.6. The number of nitrogens with zero attached hydrogens (tertiary/aromatic N) is 3. The zero-order valence-electron chi connectivity index (χ0n) is 17.8. The summed E-state index contributed by atoms with van der Waals surface area (Å²) in [7, 11) is 0. The Hall–Kier alpha value is -3.45. The molecule has 0 radical (unpaired) electrons. The van der Waals surface area contributed by atoms with Crippen molar-refractivity contribution in [2.45, 2.75) is 32.0 Å². The van der Waals surface area contributed by atoms with Crippen molar-refractivity contribution in [3.63, 3.8) is 0 Å². The summed E-state index contributed by atoms with van der Waals surface area (Å²) in [6.07, 6.45) is 0.700. The normalized spacial score (nSPS) is 18.0. The zero-order chi connectivity index (χ0) is 22.1. The molecule has 1 aliphatic rings. The number of nitrogens with one attached hydrogen (secondary N) is 1. The van der Waals surface area contributed by atoms with Gasteiger partial charge in [-0.2, -0.15) is 0 Å². The lowest BCUT2D eigenvalue weighted by Gasteiger charge is -2.43. The molecule has 1 N–H and O–H groups in total. The molecule has 7 heteroatoms. The second kappa shape index (κ2) is 8.24. The number of hydrogen-bond donors (Lipinski definition) is 1. The molecule has 0 saturated carbocycles. The van der Waals surface area contributed by atoms with Crippen molar-refractivity contribution in [2.75, 3.05) is 6.54 Å². The number of para-hydroxylation sites is 2. The fourth-order valence-corrected chi connectivity index (χ4v) is 5.02. The van der Waals surface area contributed by atoms with Gasteiger partial charge in [-0.1, -0.05) is 48.5 Å². The van der Waals surface area contributed by atoms with Gasteiger partial charge in [-0.25, -0.2) is 4.98 Å². The highest BCUT2D eigenvalue weighted by Gasteiger charge is 2.48. The van der Waals surface area contributed by atoms with Crippen molar-refractivity contribution in [3.05, 3.63) is 88.4 Å². The van der Waals surface area contributed by atoms with E-state index in [0.29, 0.717) is 31.9 Å². The number of rotatable bonds is 6. The number of benzene rings is 2. The molecule has 0 aliphatic carbocycles. The Kier molecular flexibility index (Phi) is 5.27. The standard InChI is InChI=1S/C25H24N4O2S/c1-25(24(31)26-16-18-8-3-2-4-9-18)17-28-21-12-6-5-11-20(21)27-22(28)23(30)29(25)14-13-19-10-7-15-32-19/h2-12,15H,13-14,16-17H2,1H3,(H,26,31)/t25-/m0/s1. The van der Waals surface area contributed by atoms with Crippen molar-refractivity contribution >= 4 is 34.2 Å². The average Bonchev–Trinajstić information content (AvgIpc) is 3.46. The predicted molar refractivity (Wildman–Crippen MR) is 125 cm³/mol. The first-order valence-electron chi connectivity index (χ1n) is 10.7. The van der Waals surface area contributed by atoms with Gasteiger partial charge in [0.15, 0.2) is 5.82 Å². The monoisotopic (exact) mass is 444 g/mol. The van der Waals surface area contributed by atoms with Crippen LogP contribution in [-0.4, -0.2) is 38.3 Å². The molecule has 0 fully saturated rings. The van der Waals surface area contributed by atoms with E-state index >= 15 is 0 Å². The summed E-state index contributed by atoms with van der Waals surface area (Å²) in [6, 6.07) is 21.5. The van der Waals surface area contributed by atoms with E-state index in [9.17, 15) is 9.59 Å². The van der Waals surface area contributed by atoms with E-state index in [1.165, 1.54) is 4.88 Å². The topological polar surface area (TPSA) is 67.2 Å². The largest absolute Gasteiger partial charge is 0.350 e. The van der Waals surface area contributed by atoms with E-state index in [-0.39, 0.29) is 11.8 Å². The number of fused-ring (bicyclic) bond motifs is 3. The fourth-order valence-electron chi connectivity index (χ4n) is 4.33. The molecule has 5 rings (SSSR count). The van der Waals surface area contributed by atoms with Crippen LogP contribution in [0.25, 0.3) is 11.0 Å². The second-order valence-corrected chi connectivity index (χ2v) is 9.27. The van der Waals surface area contributed by atoms with Crippen molar-refractivity contribution in [1.82, 2.24) is 19.8 Å². The number of hydrogen-bond acceptors (Lipinski definition) is 4. The first-order valence-corrected chi connectivity index (χ1v) is 11.6. The van der Waals surface area contributed by atoms with Crippen molar-refractivity contribution in [2.24, 2.45) is 0 Å². The highest BCUT2D eigenvalue weighted by atomic mass is 32.1. The summed E-state index contributed by atoms with van der Waals surface area (Å²) in [5, 5.41) is 5.09. The van der Waals surface area contributed by atoms with Crippen LogP contribution in [0.3, 0.4) is 0 Å². The van der Waals surface area contributed by atoms with E-state index < -0.39 is 5.54 Å². The third kappa shape index (κ3) is 3.58. The summed E-state index contributed by atoms with van der Waals surface area (Å²) < 4.78 is 1.89. The minimum absolute atomic E-state index is 0.163. The van der Waals surface area contributed by atoms with E-state index in [1.807, 2.05) is 77.5 Å². The van der Waals surface area contributed by atoms with Gasteiger partial charge >= 0.3 is 0 Å². The Morgan fingerprint density at radius 2 is 1.88 bits per heavy atom. The van der Waals surface area contributed by atoms with Crippen LogP contribution in [0, 0.1) is 0 Å². The van der Waals surface area contributed by atoms with Crippen LogP contribution in [0.4, 0.5) is 0 Å². The molecule has 3 heterocycles. The first kappa shape index (κ1) is 20.5. The molecule has 4 aromatic rings. The lowest BCUT2D eigenvalue weighted by molar-refractivity contribution is -0.133. The first-order chi connectivity index (χ1) is 15.6. The molecule has 0 bridgehead atoms. The van der Waals surface area contributed by atoms with Crippen molar-refractivity contribution in [1.29, 1.82) is 0 Å². The van der Waals surface area contributed by atoms with Gasteiger partial charge in [0.25, 0.3) is 5.91 Å². The van der Waals surface area contributed by atoms with Crippen molar-refractivity contribution in [3.8, 4) is 0 Å². The van der Waals surface area contributed by atoms with Gasteiger partial charge in [-0.15, -0.1) is 11.3 Å². The lowest BCUT2D eigenvalue weighted by Crippen LogP contribution is -2.64. The smallest absolute Gasteiger partial charge is 0.290 e. The maximum atomic E-state index is 13.6. The third-order valence-electron chi connectivity index (χ3n) is 6.10. The number of aromatic nitrogens is 2. The molecular weight excluding hydrogens is 420 g/mol. The maximum Gasteiger partial charge on any atom is 0.290 e. The molecule has 162 valence electrons. The molecule has 0 spiro atoms. The Morgan fingerprint density at radius 3 is 2.66 bits per heavy atom. The van der Waals surface area contributed by atoms with Crippen LogP contribution in [0.15, 0.2) is 72.1 Å². The average molecular weight is 445 g/mol. The number of carbonyl (C=O) groups is 2. The van der Waals surface area contributed by atoms with E-state index in [2.05, 4.69) is 16.4 Å². The van der Waals surface area contributed by atoms with Crippen LogP contribution in [0.2, 0.25) is 0 Å². The van der Waals surface area contributed by atoms with Crippen LogP contribution in [0.1, 0.15) is 28.0 Å². The van der Waals surface area contributed by atoms with Crippen LogP contribution < -0.4 is 5.32 Å². The van der Waals surface area contributed by atoms with Gasteiger partial charge in [0.1, 0.15) is 5.54 Å². The summed E-state index contributed by atoms with van der Waals surface area (Å²) in [6.45, 7) is 3.09. The number of thiophene rings is 1. The molecule has 0 saturated heterocycles. The minimum Gasteiger partial charge on any atom is -0.350 e. The molecule has 6 nitrogen and oxygen atoms in total. The number of amides is 2. The van der Waals surface area contributed by atoms with Gasteiger partial charge in [-0.3, -0.25) is 9.59 Å². The minimum atomic E-state index is -1.03. The van der Waals surface area contributed by atoms with E-state index in [1.54, 1.807) is 16.2 Å². The molecule has 0 unspecified atom stereocenters.